The van der Waals surface area contributed by atoms with Crippen molar-refractivity contribution in [2.24, 2.45) is 52.3 Å². The molecule has 0 heterocycles. The minimum Gasteiger partial charge on any atom is -0.726 e. The van der Waals surface area contributed by atoms with Crippen LogP contribution in [0.15, 0.2) is 0 Å². The van der Waals surface area contributed by atoms with Crippen LogP contribution in [0, 0.1) is 52.3 Å². The van der Waals surface area contributed by atoms with Gasteiger partial charge in [-0.05, 0) is 97.2 Å². The molecule has 4 fully saturated rings. The monoisotopic (exact) mass is 657 g/mol. The molecule has 15 heteroatoms. The molecule has 4 rings (SSSR count). The fourth-order valence-electron chi connectivity index (χ4n) is 10.0. The van der Waals surface area contributed by atoms with Crippen molar-refractivity contribution in [3.05, 3.63) is 0 Å². The van der Waals surface area contributed by atoms with Crippen LogP contribution in [0.25, 0.3) is 0 Å². The van der Waals surface area contributed by atoms with Crippen LogP contribution >= 0.6 is 0 Å². The first-order valence-electron chi connectivity index (χ1n) is 15.1. The molecule has 4 saturated carbocycles. The van der Waals surface area contributed by atoms with Gasteiger partial charge in [-0.3, -0.25) is 12.5 Å². The summed E-state index contributed by atoms with van der Waals surface area (Å²) in [5.74, 6) is 0.980. The molecule has 11 atom stereocenters. The van der Waals surface area contributed by atoms with Gasteiger partial charge in [-0.25, -0.2) is 25.3 Å². The Hall–Kier alpha value is -0.390. The van der Waals surface area contributed by atoms with Gasteiger partial charge in [-0.15, -0.1) is 0 Å². The van der Waals surface area contributed by atoms with Crippen molar-refractivity contribution >= 4 is 31.2 Å². The van der Waals surface area contributed by atoms with Gasteiger partial charge in [-0.2, -0.15) is 0 Å². The fraction of sp³-hybridized carbons (Fsp3) is 1.00. The Morgan fingerprint density at radius 3 is 1.81 bits per heavy atom. The highest BCUT2D eigenvalue weighted by molar-refractivity contribution is 7.81. The zero-order chi connectivity index (χ0) is 31.5. The molecular formula is C27H45O12S3-3. The van der Waals surface area contributed by atoms with Gasteiger partial charge in [0.1, 0.15) is 12.2 Å². The highest BCUT2D eigenvalue weighted by Crippen LogP contribution is 2.69. The van der Waals surface area contributed by atoms with E-state index in [0.29, 0.717) is 17.8 Å². The molecule has 0 N–H and O–H groups in total. The first kappa shape index (κ1) is 34.5. The van der Waals surface area contributed by atoms with Gasteiger partial charge in [0.25, 0.3) is 0 Å². The lowest BCUT2D eigenvalue weighted by Gasteiger charge is -2.63. The number of rotatable bonds is 11. The molecule has 0 bridgehead atoms. The Balaban J connectivity index is 1.67. The largest absolute Gasteiger partial charge is 0.726 e. The van der Waals surface area contributed by atoms with Crippen molar-refractivity contribution in [2.45, 2.75) is 117 Å². The van der Waals surface area contributed by atoms with Crippen molar-refractivity contribution < 1.29 is 51.5 Å². The van der Waals surface area contributed by atoms with Gasteiger partial charge in [0.2, 0.25) is 31.2 Å². The van der Waals surface area contributed by atoms with Gasteiger partial charge in [0, 0.05) is 0 Å². The average molecular weight is 658 g/mol. The SMILES string of the molecule is CC(C)CCC[C@@H](C)[C@H]1CC[C@H]2[C@@H]3C[C@H](OS(=O)(=O)[O-])[C@H]4C[C@H](OS(=O)(=O)[O-])[C@@H](OS(=O)(=O)[O-])C[C@]4(C)[C@H]3CC[C@]12C. The molecule has 0 aliphatic heterocycles. The smallest absolute Gasteiger partial charge is 0.217 e. The summed E-state index contributed by atoms with van der Waals surface area (Å²) in [4.78, 5) is 0. The maximum absolute atomic E-state index is 11.9. The van der Waals surface area contributed by atoms with E-state index >= 15 is 0 Å². The maximum Gasteiger partial charge on any atom is 0.217 e. The summed E-state index contributed by atoms with van der Waals surface area (Å²) in [6, 6.07) is 0. The molecule has 0 radical (unpaired) electrons. The van der Waals surface area contributed by atoms with E-state index in [9.17, 15) is 38.9 Å². The Morgan fingerprint density at radius 2 is 1.24 bits per heavy atom. The third-order valence-electron chi connectivity index (χ3n) is 11.6. The minimum atomic E-state index is -5.34. The van der Waals surface area contributed by atoms with Crippen LogP contribution in [0.4, 0.5) is 0 Å². The fourth-order valence-corrected chi connectivity index (χ4v) is 11.6. The zero-order valence-corrected chi connectivity index (χ0v) is 27.4. The van der Waals surface area contributed by atoms with Crippen LogP contribution in [0.5, 0.6) is 0 Å². The molecule has 12 nitrogen and oxygen atoms in total. The van der Waals surface area contributed by atoms with Crippen LogP contribution in [0.3, 0.4) is 0 Å². The number of hydrogen-bond donors (Lipinski definition) is 0. The summed E-state index contributed by atoms with van der Waals surface area (Å²) >= 11 is 0. The van der Waals surface area contributed by atoms with E-state index in [0.717, 1.165) is 38.5 Å². The number of fused-ring (bicyclic) bond motifs is 5. The summed E-state index contributed by atoms with van der Waals surface area (Å²) in [5.41, 5.74) is -0.893. The lowest BCUT2D eigenvalue weighted by molar-refractivity contribution is -0.184. The third-order valence-corrected chi connectivity index (χ3v) is 13.0. The van der Waals surface area contributed by atoms with Crippen molar-refractivity contribution in [3.63, 3.8) is 0 Å². The summed E-state index contributed by atoms with van der Waals surface area (Å²) in [6.07, 6.45) is 2.45. The van der Waals surface area contributed by atoms with Gasteiger partial charge in [-0.1, -0.05) is 53.9 Å². The average Bonchev–Trinajstić information content (AvgIpc) is 3.14. The Kier molecular flexibility index (Phi) is 9.92. The van der Waals surface area contributed by atoms with Crippen molar-refractivity contribution in [1.29, 1.82) is 0 Å². The van der Waals surface area contributed by atoms with Crippen molar-refractivity contribution in [2.75, 3.05) is 0 Å². The summed E-state index contributed by atoms with van der Waals surface area (Å²) < 4.78 is 119. The van der Waals surface area contributed by atoms with Crippen LogP contribution in [0.2, 0.25) is 0 Å². The van der Waals surface area contributed by atoms with E-state index in [1.54, 1.807) is 0 Å². The Labute approximate surface area is 251 Å². The van der Waals surface area contributed by atoms with E-state index in [-0.39, 0.29) is 42.4 Å². The van der Waals surface area contributed by atoms with E-state index in [1.165, 1.54) is 6.42 Å². The number of hydrogen-bond acceptors (Lipinski definition) is 12. The normalized spacial score (nSPS) is 41.6. The Bertz CT molecular complexity index is 1300. The van der Waals surface area contributed by atoms with E-state index < -0.39 is 60.8 Å². The first-order chi connectivity index (χ1) is 19.1. The second-order valence-electron chi connectivity index (χ2n) is 14.3. The van der Waals surface area contributed by atoms with Gasteiger partial charge >= 0.3 is 0 Å². The second kappa shape index (κ2) is 12.1. The Morgan fingerprint density at radius 1 is 0.690 bits per heavy atom. The van der Waals surface area contributed by atoms with Gasteiger partial charge < -0.3 is 13.7 Å². The topological polar surface area (TPSA) is 199 Å². The molecule has 0 aromatic rings. The van der Waals surface area contributed by atoms with Crippen molar-refractivity contribution in [1.82, 2.24) is 0 Å². The predicted molar refractivity (Wildman–Crippen MR) is 148 cm³/mol. The maximum atomic E-state index is 11.9. The molecule has 0 amide bonds. The molecule has 42 heavy (non-hydrogen) atoms. The summed E-state index contributed by atoms with van der Waals surface area (Å²) in [6.45, 7) is 10.9. The van der Waals surface area contributed by atoms with E-state index in [1.807, 2.05) is 6.92 Å². The zero-order valence-electron chi connectivity index (χ0n) is 25.0. The lowest BCUT2D eigenvalue weighted by Crippen LogP contribution is -2.62. The standard InChI is InChI=1S/C27H48O12S3/c1-16(2)7-6-8-17(3)19-9-10-20-18-13-23(37-40(28,29)30)22-14-24(38-41(31,32)33)25(39-42(34,35)36)15-27(22,5)21(18)11-12-26(19,20)4/h16-25H,6-15H2,1-5H3,(H,28,29,30)(H,31,32,33)(H,34,35,36)/p-3/t17-,18+,19-,20+,21+,22-,23+,24+,25+,26-,27-/m1/s1. The third kappa shape index (κ3) is 7.52. The highest BCUT2D eigenvalue weighted by Gasteiger charge is 2.64. The van der Waals surface area contributed by atoms with Crippen LogP contribution in [0.1, 0.15) is 98.8 Å². The molecule has 0 aromatic heterocycles. The van der Waals surface area contributed by atoms with Crippen LogP contribution in [-0.4, -0.2) is 57.2 Å². The molecule has 4 aliphatic carbocycles. The summed E-state index contributed by atoms with van der Waals surface area (Å²) in [5, 5.41) is 0. The lowest BCUT2D eigenvalue weighted by atomic mass is 9.43. The molecule has 4 aliphatic rings. The highest BCUT2D eigenvalue weighted by atomic mass is 32.3. The molecule has 0 aromatic carbocycles. The minimum absolute atomic E-state index is 0.00624. The summed E-state index contributed by atoms with van der Waals surface area (Å²) in [7, 11) is -15.8. The molecule has 246 valence electrons. The van der Waals surface area contributed by atoms with E-state index in [4.69, 9.17) is 8.37 Å². The molecular weight excluding hydrogens is 612 g/mol. The van der Waals surface area contributed by atoms with Gasteiger partial charge in [0.15, 0.2) is 0 Å². The van der Waals surface area contributed by atoms with Gasteiger partial charge in [0.05, 0.1) is 6.10 Å². The predicted octanol–water partition coefficient (Wildman–Crippen LogP) is 3.86. The molecule has 0 saturated heterocycles. The van der Waals surface area contributed by atoms with Crippen LogP contribution in [-0.2, 0) is 43.7 Å². The van der Waals surface area contributed by atoms with E-state index in [2.05, 4.69) is 31.9 Å². The quantitative estimate of drug-likeness (QED) is 0.230. The van der Waals surface area contributed by atoms with Crippen LogP contribution < -0.4 is 0 Å². The second-order valence-corrected chi connectivity index (χ2v) is 17.4. The molecule has 0 unspecified atom stereocenters. The molecule has 0 spiro atoms. The van der Waals surface area contributed by atoms with Crippen molar-refractivity contribution in [3.8, 4) is 0 Å². The first-order valence-corrected chi connectivity index (χ1v) is 19.1.